The van der Waals surface area contributed by atoms with Gasteiger partial charge < -0.3 is 36.6 Å². The number of hydrogen-bond donors (Lipinski definition) is 5. The second-order valence-corrected chi connectivity index (χ2v) is 14.2. The van der Waals surface area contributed by atoms with E-state index in [4.69, 9.17) is 32.5 Å². The highest BCUT2D eigenvalue weighted by molar-refractivity contribution is 6.30. The maximum Gasteiger partial charge on any atom is 0.323 e. The van der Waals surface area contributed by atoms with E-state index in [1.54, 1.807) is 42.7 Å². The predicted molar refractivity (Wildman–Crippen MR) is 183 cm³/mol. The molecular weight excluding hydrogens is 622 g/mol. The van der Waals surface area contributed by atoms with Crippen LogP contribution in [0.3, 0.4) is 0 Å². The number of aryl methyl sites for hydroxylation is 1. The molecule has 3 aromatic rings. The Labute approximate surface area is 281 Å². The van der Waals surface area contributed by atoms with E-state index in [1.165, 1.54) is 0 Å². The first-order valence-corrected chi connectivity index (χ1v) is 16.0. The predicted octanol–water partition coefficient (Wildman–Crippen LogP) is 4.93. The lowest BCUT2D eigenvalue weighted by Gasteiger charge is -2.26. The van der Waals surface area contributed by atoms with Gasteiger partial charge in [-0.2, -0.15) is 0 Å². The number of H-pyrrole nitrogens is 1. The zero-order valence-corrected chi connectivity index (χ0v) is 29.2. The minimum atomic E-state index is -0.839. The Kier molecular flexibility index (Phi) is 12.5. The molecule has 4 atom stereocenters. The fourth-order valence-electron chi connectivity index (χ4n) is 4.33. The third kappa shape index (κ3) is 10.5. The number of halogens is 1. The normalized spacial score (nSPS) is 14.4. The third-order valence-corrected chi connectivity index (χ3v) is 7.98. The molecule has 3 rings (SSSR count). The number of amides is 1. The molecule has 0 saturated carbocycles. The van der Waals surface area contributed by atoms with Crippen LogP contribution in [-0.2, 0) is 19.1 Å². The van der Waals surface area contributed by atoms with Crippen molar-refractivity contribution in [3.63, 3.8) is 0 Å². The van der Waals surface area contributed by atoms with Gasteiger partial charge in [-0.3, -0.25) is 14.4 Å². The molecule has 1 amide bonds. The van der Waals surface area contributed by atoms with Gasteiger partial charge in [-0.05, 0) is 53.5 Å². The molecule has 13 heteroatoms. The van der Waals surface area contributed by atoms with Gasteiger partial charge in [-0.25, -0.2) is 9.97 Å². The van der Waals surface area contributed by atoms with Gasteiger partial charge in [-0.1, -0.05) is 72.2 Å². The first-order valence-electron chi connectivity index (χ1n) is 15.6. The number of ether oxygens (including phenoxy) is 2. The summed E-state index contributed by atoms with van der Waals surface area (Å²) in [5, 5.41) is 6.63. The highest BCUT2D eigenvalue weighted by atomic mass is 35.5. The van der Waals surface area contributed by atoms with Crippen molar-refractivity contribution in [3.05, 3.63) is 64.6 Å². The van der Waals surface area contributed by atoms with Crippen molar-refractivity contribution in [2.24, 2.45) is 22.3 Å². The van der Waals surface area contributed by atoms with Crippen molar-refractivity contribution in [1.29, 1.82) is 0 Å². The number of esters is 2. The molecule has 0 aliphatic carbocycles. The molecule has 47 heavy (non-hydrogen) atoms. The van der Waals surface area contributed by atoms with Crippen molar-refractivity contribution in [3.8, 4) is 11.3 Å². The van der Waals surface area contributed by atoms with Gasteiger partial charge in [0.25, 0.3) is 5.91 Å². The molecule has 0 saturated heterocycles. The van der Waals surface area contributed by atoms with Crippen LogP contribution in [0.5, 0.6) is 0 Å². The fraction of sp³-hybridized carbons (Fsp3) is 0.500. The summed E-state index contributed by atoms with van der Waals surface area (Å²) < 4.78 is 11.0. The van der Waals surface area contributed by atoms with Gasteiger partial charge >= 0.3 is 11.9 Å². The highest BCUT2D eigenvalue weighted by Gasteiger charge is 2.31. The average Bonchev–Trinajstić information content (AvgIpc) is 3.50. The first kappa shape index (κ1) is 37.5. The molecule has 2 heterocycles. The maximum absolute atomic E-state index is 13.4. The first-order chi connectivity index (χ1) is 21.9. The van der Waals surface area contributed by atoms with Crippen molar-refractivity contribution < 1.29 is 23.9 Å². The highest BCUT2D eigenvalue weighted by Crippen LogP contribution is 2.25. The van der Waals surface area contributed by atoms with Crippen molar-refractivity contribution in [1.82, 2.24) is 20.3 Å². The van der Waals surface area contributed by atoms with Crippen LogP contribution in [0.1, 0.15) is 82.5 Å². The number of rotatable bonds is 13. The quantitative estimate of drug-likeness (QED) is 0.156. The molecule has 0 unspecified atom stereocenters. The lowest BCUT2D eigenvalue weighted by Crippen LogP contribution is -2.44. The number of aromatic amines is 1. The van der Waals surface area contributed by atoms with Crippen LogP contribution < -0.4 is 22.1 Å². The lowest BCUT2D eigenvalue weighted by atomic mass is 9.87. The Morgan fingerprint density at radius 1 is 0.979 bits per heavy atom. The van der Waals surface area contributed by atoms with E-state index in [2.05, 4.69) is 25.6 Å². The summed E-state index contributed by atoms with van der Waals surface area (Å²) in [5.41, 5.74) is 14.2. The summed E-state index contributed by atoms with van der Waals surface area (Å²) in [5.74, 6) is -1.12. The second kappa shape index (κ2) is 15.7. The van der Waals surface area contributed by atoms with Crippen LogP contribution in [0.15, 0.2) is 42.7 Å². The van der Waals surface area contributed by atoms with E-state index in [0.29, 0.717) is 34.2 Å². The number of nitrogens with zero attached hydrogens (tertiary/aromatic N) is 2. The molecule has 1 aromatic carbocycles. The number of aromatic nitrogens is 3. The van der Waals surface area contributed by atoms with E-state index in [9.17, 15) is 14.4 Å². The smallest absolute Gasteiger partial charge is 0.323 e. The number of carbonyl (C=O) groups excluding carboxylic acids is 3. The van der Waals surface area contributed by atoms with Gasteiger partial charge in [0.1, 0.15) is 31.0 Å². The summed E-state index contributed by atoms with van der Waals surface area (Å²) in [6, 6.07) is 6.11. The van der Waals surface area contributed by atoms with Crippen molar-refractivity contribution in [2.75, 3.05) is 18.5 Å². The Balaban J connectivity index is 1.74. The summed E-state index contributed by atoms with van der Waals surface area (Å²) in [6.07, 6.45) is 4.00. The van der Waals surface area contributed by atoms with Crippen LogP contribution in [0, 0.1) is 17.8 Å². The summed E-state index contributed by atoms with van der Waals surface area (Å²) in [6.45, 7) is 15.0. The molecule has 7 N–H and O–H groups in total. The SMILES string of the molecule is CC[C@H](COC(=O)[C@@H](N)C(C)(C)C)Nc1ncc(C)c(-c2c[nH]c(C(=O)N[C@H](COC(=O)[C@@H](N)C(C)(C)C)c3cccc(Cl)c3)c2)n1. The summed E-state index contributed by atoms with van der Waals surface area (Å²) in [7, 11) is 0. The van der Waals surface area contributed by atoms with Crippen molar-refractivity contribution in [2.45, 2.75) is 86.0 Å². The van der Waals surface area contributed by atoms with Gasteiger partial charge in [0.15, 0.2) is 0 Å². The Hall–Kier alpha value is -4.00. The standard InChI is InChI=1S/C34H48ClN7O5/c1-9-23(17-46-30(44)27(36)33(3,4)5)40-32-39-15-19(2)26(42-32)21-14-24(38-16-21)29(43)41-25(20-11-10-12-22(35)13-20)18-47-31(45)28(37)34(6,7)8/h10-16,23,25,27-28,38H,9,17-18,36-37H2,1-8H3,(H,41,43)(H,39,40,42)/t23-,25-,27-,28-/m1/s1. The van der Waals surface area contributed by atoms with Crippen LogP contribution in [0.25, 0.3) is 11.3 Å². The maximum atomic E-state index is 13.4. The van der Waals surface area contributed by atoms with Gasteiger partial charge in [0, 0.05) is 23.0 Å². The van der Waals surface area contributed by atoms with Gasteiger partial charge in [-0.15, -0.1) is 0 Å². The summed E-state index contributed by atoms with van der Waals surface area (Å²) in [4.78, 5) is 50.6. The molecule has 2 aromatic heterocycles. The molecule has 0 fully saturated rings. The minimum Gasteiger partial charge on any atom is -0.462 e. The molecule has 0 aliphatic heterocycles. The topological polar surface area (TPSA) is 187 Å². The zero-order valence-electron chi connectivity index (χ0n) is 28.4. The number of nitrogens with one attached hydrogen (secondary N) is 3. The summed E-state index contributed by atoms with van der Waals surface area (Å²) >= 11 is 6.22. The molecule has 12 nitrogen and oxygen atoms in total. The fourth-order valence-corrected chi connectivity index (χ4v) is 4.52. The van der Waals surface area contributed by atoms with Crippen LogP contribution in [0.4, 0.5) is 5.95 Å². The van der Waals surface area contributed by atoms with Crippen LogP contribution in [-0.4, -0.2) is 64.1 Å². The number of nitrogens with two attached hydrogens (primary N) is 2. The van der Waals surface area contributed by atoms with Gasteiger partial charge in [0.05, 0.1) is 17.8 Å². The van der Waals surface area contributed by atoms with E-state index in [1.807, 2.05) is 55.4 Å². The number of anilines is 1. The molecule has 256 valence electrons. The molecule has 0 aliphatic rings. The number of hydrogen-bond acceptors (Lipinski definition) is 10. The lowest BCUT2D eigenvalue weighted by molar-refractivity contribution is -0.149. The second-order valence-electron chi connectivity index (χ2n) is 13.8. The number of benzene rings is 1. The monoisotopic (exact) mass is 669 g/mol. The van der Waals surface area contributed by atoms with Crippen molar-refractivity contribution >= 4 is 35.4 Å². The Morgan fingerprint density at radius 3 is 2.17 bits per heavy atom. The van der Waals surface area contributed by atoms with Gasteiger partial charge in [0.2, 0.25) is 5.95 Å². The van der Waals surface area contributed by atoms with E-state index >= 15 is 0 Å². The van der Waals surface area contributed by atoms with E-state index in [-0.39, 0.29) is 24.9 Å². The van der Waals surface area contributed by atoms with Crippen LogP contribution in [0.2, 0.25) is 5.02 Å². The Bertz CT molecular complexity index is 1550. The molecule has 0 radical (unpaired) electrons. The third-order valence-electron chi connectivity index (χ3n) is 7.75. The molecular formula is C34H48ClN7O5. The minimum absolute atomic E-state index is 0.103. The zero-order chi connectivity index (χ0) is 35.1. The molecule has 0 spiro atoms. The Morgan fingerprint density at radius 2 is 1.60 bits per heavy atom. The van der Waals surface area contributed by atoms with E-state index < -0.39 is 46.8 Å². The van der Waals surface area contributed by atoms with E-state index in [0.717, 1.165) is 5.56 Å². The molecule has 0 bridgehead atoms. The number of carbonyl (C=O) groups is 3. The largest absolute Gasteiger partial charge is 0.462 e. The average molecular weight is 670 g/mol. The van der Waals surface area contributed by atoms with Crippen LogP contribution >= 0.6 is 11.6 Å².